The van der Waals surface area contributed by atoms with Gasteiger partial charge in [0.25, 0.3) is 5.91 Å². The number of aromatic nitrogens is 1. The van der Waals surface area contributed by atoms with E-state index in [4.69, 9.17) is 10.00 Å². The highest BCUT2D eigenvalue weighted by Gasteiger charge is 2.55. The lowest BCUT2D eigenvalue weighted by molar-refractivity contribution is -0.157. The first-order valence-electron chi connectivity index (χ1n) is 7.46. The Morgan fingerprint density at radius 2 is 2.30 bits per heavy atom. The normalized spacial score (nSPS) is 26.4. The molecular weight excluding hydrogens is 298 g/mol. The number of fused-ring (bicyclic) bond motifs is 1. The molecule has 7 nitrogen and oxygen atoms in total. The zero-order valence-corrected chi connectivity index (χ0v) is 12.8. The summed E-state index contributed by atoms with van der Waals surface area (Å²) in [5, 5.41) is 18.6. The lowest BCUT2D eigenvalue weighted by atomic mass is 9.74. The van der Waals surface area contributed by atoms with Crippen molar-refractivity contribution < 1.29 is 19.4 Å². The molecule has 0 aliphatic carbocycles. The van der Waals surface area contributed by atoms with Crippen molar-refractivity contribution in [3.8, 4) is 6.07 Å². The van der Waals surface area contributed by atoms with Crippen molar-refractivity contribution in [1.82, 2.24) is 9.88 Å². The first-order valence-corrected chi connectivity index (χ1v) is 7.46. The number of hydrogen-bond acceptors (Lipinski definition) is 5. The van der Waals surface area contributed by atoms with E-state index < -0.39 is 11.4 Å². The van der Waals surface area contributed by atoms with E-state index in [1.165, 1.54) is 6.07 Å². The van der Waals surface area contributed by atoms with Crippen molar-refractivity contribution in [3.63, 3.8) is 0 Å². The molecule has 2 fully saturated rings. The molecule has 0 radical (unpaired) electrons. The third-order valence-electron chi connectivity index (χ3n) is 4.85. The molecule has 1 N–H and O–H groups in total. The fourth-order valence-electron chi connectivity index (χ4n) is 3.41. The molecule has 2 aliphatic heterocycles. The Balaban J connectivity index is 1.86. The number of nitrogens with zero attached hydrogens (tertiary/aromatic N) is 3. The molecule has 0 unspecified atom stereocenters. The first kappa shape index (κ1) is 15.4. The standard InChI is InChI=1S/C16H17N3O4/c1-10-11(6-17)2-3-13(18-10)14(20)19-7-12-8-23-5-4-16(12,9-19)15(21)22/h2-3,12H,4-5,7-9H2,1H3,(H,21,22)/t12-,16+/m0/s1. The van der Waals surface area contributed by atoms with Crippen LogP contribution in [0.4, 0.5) is 0 Å². The van der Waals surface area contributed by atoms with Gasteiger partial charge >= 0.3 is 5.97 Å². The molecule has 120 valence electrons. The minimum Gasteiger partial charge on any atom is -0.481 e. The summed E-state index contributed by atoms with van der Waals surface area (Å²) in [7, 11) is 0. The van der Waals surface area contributed by atoms with Gasteiger partial charge in [0.05, 0.1) is 23.3 Å². The van der Waals surface area contributed by atoms with Gasteiger partial charge in [-0.1, -0.05) is 0 Å². The topological polar surface area (TPSA) is 104 Å². The van der Waals surface area contributed by atoms with Crippen LogP contribution in [0.3, 0.4) is 0 Å². The quantitative estimate of drug-likeness (QED) is 0.866. The van der Waals surface area contributed by atoms with Crippen molar-refractivity contribution in [3.05, 3.63) is 29.1 Å². The Hall–Kier alpha value is -2.46. The highest BCUT2D eigenvalue weighted by Crippen LogP contribution is 2.42. The smallest absolute Gasteiger partial charge is 0.311 e. The van der Waals surface area contributed by atoms with Crippen molar-refractivity contribution in [2.24, 2.45) is 11.3 Å². The minimum absolute atomic E-state index is 0.177. The van der Waals surface area contributed by atoms with Gasteiger partial charge in [-0.05, 0) is 25.5 Å². The second-order valence-corrected chi connectivity index (χ2v) is 6.11. The van der Waals surface area contributed by atoms with E-state index in [1.807, 2.05) is 6.07 Å². The lowest BCUT2D eigenvalue weighted by Gasteiger charge is -2.33. The van der Waals surface area contributed by atoms with Crippen LogP contribution < -0.4 is 0 Å². The van der Waals surface area contributed by atoms with Gasteiger partial charge in [-0.15, -0.1) is 0 Å². The van der Waals surface area contributed by atoms with Gasteiger partial charge < -0.3 is 14.7 Å². The second-order valence-electron chi connectivity index (χ2n) is 6.11. The van der Waals surface area contributed by atoms with Crippen molar-refractivity contribution >= 4 is 11.9 Å². The molecule has 1 amide bonds. The van der Waals surface area contributed by atoms with Crippen LogP contribution in [-0.4, -0.2) is 53.2 Å². The van der Waals surface area contributed by atoms with Crippen molar-refractivity contribution in [2.45, 2.75) is 13.3 Å². The van der Waals surface area contributed by atoms with Gasteiger partial charge in [0.2, 0.25) is 0 Å². The monoisotopic (exact) mass is 315 g/mol. The molecule has 0 bridgehead atoms. The molecule has 0 saturated carbocycles. The molecule has 0 aromatic carbocycles. The summed E-state index contributed by atoms with van der Waals surface area (Å²) >= 11 is 0. The van der Waals surface area contributed by atoms with E-state index in [0.29, 0.717) is 37.4 Å². The zero-order valence-electron chi connectivity index (χ0n) is 12.8. The van der Waals surface area contributed by atoms with Crippen LogP contribution in [0.5, 0.6) is 0 Å². The van der Waals surface area contributed by atoms with E-state index >= 15 is 0 Å². The number of nitriles is 1. The number of carboxylic acids is 1. The highest BCUT2D eigenvalue weighted by molar-refractivity contribution is 5.93. The maximum atomic E-state index is 12.7. The lowest BCUT2D eigenvalue weighted by Crippen LogP contribution is -2.45. The third-order valence-corrected chi connectivity index (χ3v) is 4.85. The maximum Gasteiger partial charge on any atom is 0.311 e. The number of likely N-dealkylation sites (tertiary alicyclic amines) is 1. The number of aliphatic carboxylic acids is 1. The van der Waals surface area contributed by atoms with Gasteiger partial charge in [0.15, 0.2) is 0 Å². The van der Waals surface area contributed by atoms with Crippen LogP contribution in [0.1, 0.15) is 28.2 Å². The number of ether oxygens (including phenoxy) is 1. The second kappa shape index (κ2) is 5.63. The third kappa shape index (κ3) is 2.45. The Morgan fingerprint density at radius 3 is 2.91 bits per heavy atom. The first-order chi connectivity index (χ1) is 11.0. The maximum absolute atomic E-state index is 12.7. The van der Waals surface area contributed by atoms with Crippen LogP contribution in [-0.2, 0) is 9.53 Å². The minimum atomic E-state index is -0.921. The van der Waals surface area contributed by atoms with Crippen molar-refractivity contribution in [1.29, 1.82) is 5.26 Å². The van der Waals surface area contributed by atoms with Crippen LogP contribution in [0.15, 0.2) is 12.1 Å². The number of amides is 1. The largest absolute Gasteiger partial charge is 0.481 e. The van der Waals surface area contributed by atoms with Crippen LogP contribution in [0.25, 0.3) is 0 Å². The van der Waals surface area contributed by atoms with E-state index in [9.17, 15) is 14.7 Å². The SMILES string of the molecule is Cc1nc(C(=O)N2C[C@H]3COCC[C@@]3(C(=O)O)C2)ccc1C#N. The van der Waals surface area contributed by atoms with Crippen LogP contribution in [0.2, 0.25) is 0 Å². The van der Waals surface area contributed by atoms with Gasteiger partial charge in [0.1, 0.15) is 11.8 Å². The number of rotatable bonds is 2. The predicted molar refractivity (Wildman–Crippen MR) is 78.6 cm³/mol. The summed E-state index contributed by atoms with van der Waals surface area (Å²) in [6.07, 6.45) is 0.413. The molecule has 1 aromatic heterocycles. The molecule has 7 heteroatoms. The van der Waals surface area contributed by atoms with Gasteiger partial charge in [-0.2, -0.15) is 5.26 Å². The van der Waals surface area contributed by atoms with E-state index in [0.717, 1.165) is 0 Å². The summed E-state index contributed by atoms with van der Waals surface area (Å²) in [5.41, 5.74) is 0.232. The van der Waals surface area contributed by atoms with E-state index in [-0.39, 0.29) is 24.1 Å². The highest BCUT2D eigenvalue weighted by atomic mass is 16.5. The molecular formula is C16H17N3O4. The molecule has 2 aliphatic rings. The van der Waals surface area contributed by atoms with E-state index in [2.05, 4.69) is 4.98 Å². The Labute approximate surface area is 133 Å². The Morgan fingerprint density at radius 1 is 1.52 bits per heavy atom. The summed E-state index contributed by atoms with van der Waals surface area (Å²) in [4.78, 5) is 30.1. The number of carboxylic acid groups (broad SMARTS) is 1. The fourth-order valence-corrected chi connectivity index (χ4v) is 3.41. The van der Waals surface area contributed by atoms with Gasteiger partial charge in [-0.3, -0.25) is 9.59 Å². The summed E-state index contributed by atoms with van der Waals surface area (Å²) in [6, 6.07) is 5.09. The molecule has 3 heterocycles. The Kier molecular flexibility index (Phi) is 3.78. The average Bonchev–Trinajstić information content (AvgIpc) is 2.95. The van der Waals surface area contributed by atoms with E-state index in [1.54, 1.807) is 17.9 Å². The molecule has 2 saturated heterocycles. The summed E-state index contributed by atoms with van der Waals surface area (Å²) < 4.78 is 5.39. The number of carbonyl (C=O) groups excluding carboxylic acids is 1. The zero-order chi connectivity index (χ0) is 16.6. The molecule has 2 atom stereocenters. The molecule has 3 rings (SSSR count). The molecule has 23 heavy (non-hydrogen) atoms. The Bertz CT molecular complexity index is 712. The number of hydrogen-bond donors (Lipinski definition) is 1. The average molecular weight is 315 g/mol. The summed E-state index contributed by atoms with van der Waals surface area (Å²) in [6.45, 7) is 2.96. The predicted octanol–water partition coefficient (Wildman–Crippen LogP) is 0.825. The fraction of sp³-hybridized carbons (Fsp3) is 0.500. The number of aryl methyl sites for hydroxylation is 1. The van der Waals surface area contributed by atoms with Crippen LogP contribution >= 0.6 is 0 Å². The summed E-state index contributed by atoms with van der Waals surface area (Å²) in [5.74, 6) is -1.37. The van der Waals surface area contributed by atoms with Gasteiger partial charge in [0, 0.05) is 25.6 Å². The molecule has 1 aromatic rings. The van der Waals surface area contributed by atoms with Gasteiger partial charge in [-0.25, -0.2) is 4.98 Å². The van der Waals surface area contributed by atoms with Crippen LogP contribution in [0, 0.1) is 29.6 Å². The number of pyridine rings is 1. The number of carbonyl (C=O) groups is 2. The molecule has 0 spiro atoms. The van der Waals surface area contributed by atoms with Crippen molar-refractivity contribution in [2.75, 3.05) is 26.3 Å².